The van der Waals surface area contributed by atoms with Gasteiger partial charge in [0, 0.05) is 6.04 Å². The van der Waals surface area contributed by atoms with E-state index in [2.05, 4.69) is 140 Å². The summed E-state index contributed by atoms with van der Waals surface area (Å²) in [4.78, 5) is 2.74. The molecule has 0 amide bonds. The van der Waals surface area contributed by atoms with Gasteiger partial charge in [-0.3, -0.25) is 4.90 Å². The van der Waals surface area contributed by atoms with Crippen molar-refractivity contribution >= 4 is 11.8 Å². The number of hydrogen-bond donors (Lipinski definition) is 0. The van der Waals surface area contributed by atoms with Crippen molar-refractivity contribution in [2.75, 3.05) is 0 Å². The second kappa shape index (κ2) is 7.65. The van der Waals surface area contributed by atoms with E-state index in [1.54, 1.807) is 0 Å². The fourth-order valence-corrected chi connectivity index (χ4v) is 7.89. The minimum Gasteiger partial charge on any atom is -0.276 e. The van der Waals surface area contributed by atoms with Gasteiger partial charge in [-0.15, -0.1) is 11.8 Å². The number of hydrogen-bond acceptors (Lipinski definition) is 2. The summed E-state index contributed by atoms with van der Waals surface area (Å²) in [5.41, 5.74) is 8.43. The van der Waals surface area contributed by atoms with Gasteiger partial charge in [0.25, 0.3) is 0 Å². The molecule has 0 bridgehead atoms. The number of thioether (sulfide) groups is 1. The van der Waals surface area contributed by atoms with Crippen LogP contribution in [-0.4, -0.2) is 10.9 Å². The molecular weight excluding hydrogens is 406 g/mol. The van der Waals surface area contributed by atoms with Crippen LogP contribution >= 0.6 is 11.8 Å². The van der Waals surface area contributed by atoms with Crippen LogP contribution in [0.1, 0.15) is 47.5 Å². The molecule has 1 spiro atoms. The van der Waals surface area contributed by atoms with Crippen LogP contribution < -0.4 is 0 Å². The molecule has 32 heavy (non-hydrogen) atoms. The Morgan fingerprint density at radius 3 is 1.62 bits per heavy atom. The van der Waals surface area contributed by atoms with Crippen molar-refractivity contribution in [3.05, 3.63) is 131 Å². The molecular formula is C30H27NS. The summed E-state index contributed by atoms with van der Waals surface area (Å²) in [6.45, 7) is 4.69. The molecule has 158 valence electrons. The first-order chi connectivity index (χ1) is 15.7. The molecule has 2 atom stereocenters. The van der Waals surface area contributed by atoms with Crippen molar-refractivity contribution in [2.45, 2.75) is 36.1 Å². The Morgan fingerprint density at radius 2 is 1.09 bits per heavy atom. The maximum Gasteiger partial charge on any atom is 0.0885 e. The molecule has 4 aromatic rings. The van der Waals surface area contributed by atoms with Gasteiger partial charge < -0.3 is 0 Å². The third kappa shape index (κ3) is 2.76. The Kier molecular flexibility index (Phi) is 4.74. The van der Waals surface area contributed by atoms with Crippen LogP contribution in [-0.2, 0) is 4.75 Å². The topological polar surface area (TPSA) is 3.24 Å². The standard InChI is InChI=1S/C30H27NS/c1-21(2)31-28(22-13-5-3-6-14-22)30(32-29(31)23-15-7-4-8-16-23)26-19-11-9-17-24(26)25-18-10-12-20-27(25)30/h3-21,28-29H,1-2H3/t28-,29-/m0/s1. The van der Waals surface area contributed by atoms with Crippen molar-refractivity contribution in [1.29, 1.82) is 0 Å². The van der Waals surface area contributed by atoms with Crippen LogP contribution in [0.3, 0.4) is 0 Å². The van der Waals surface area contributed by atoms with E-state index in [1.165, 1.54) is 33.4 Å². The van der Waals surface area contributed by atoms with E-state index in [4.69, 9.17) is 0 Å². The summed E-state index contributed by atoms with van der Waals surface area (Å²) >= 11 is 2.12. The lowest BCUT2D eigenvalue weighted by atomic mass is 9.82. The summed E-state index contributed by atoms with van der Waals surface area (Å²) in [5, 5.41) is 0.278. The zero-order valence-corrected chi connectivity index (χ0v) is 19.3. The van der Waals surface area contributed by atoms with Gasteiger partial charge in [0.05, 0.1) is 16.2 Å². The highest BCUT2D eigenvalue weighted by molar-refractivity contribution is 8.01. The molecule has 2 heteroatoms. The van der Waals surface area contributed by atoms with Gasteiger partial charge >= 0.3 is 0 Å². The first-order valence-electron chi connectivity index (χ1n) is 11.5. The molecule has 1 nitrogen and oxygen atoms in total. The Hall–Kier alpha value is -2.81. The maximum atomic E-state index is 2.74. The van der Waals surface area contributed by atoms with Crippen LogP contribution in [0.25, 0.3) is 11.1 Å². The predicted molar refractivity (Wildman–Crippen MR) is 136 cm³/mol. The normalized spacial score (nSPS) is 21.1. The average molecular weight is 434 g/mol. The third-order valence-corrected chi connectivity index (χ3v) is 8.77. The number of fused-ring (bicyclic) bond motifs is 5. The minimum atomic E-state index is -0.153. The Labute approximate surface area is 195 Å². The molecule has 0 radical (unpaired) electrons. The molecule has 1 fully saturated rings. The van der Waals surface area contributed by atoms with E-state index in [9.17, 15) is 0 Å². The number of nitrogens with zero attached hydrogens (tertiary/aromatic N) is 1. The van der Waals surface area contributed by atoms with Gasteiger partial charge in [0.1, 0.15) is 0 Å². The maximum absolute atomic E-state index is 2.74. The molecule has 0 N–H and O–H groups in total. The fourth-order valence-electron chi connectivity index (χ4n) is 5.77. The Morgan fingerprint density at radius 1 is 0.625 bits per heavy atom. The Bertz CT molecular complexity index is 1200. The van der Waals surface area contributed by atoms with Crippen molar-refractivity contribution in [1.82, 2.24) is 4.90 Å². The highest BCUT2D eigenvalue weighted by atomic mass is 32.2. The summed E-state index contributed by atoms with van der Waals surface area (Å²) in [6, 6.07) is 41.0. The largest absolute Gasteiger partial charge is 0.276 e. The lowest BCUT2D eigenvalue weighted by Crippen LogP contribution is -2.38. The summed E-state index contributed by atoms with van der Waals surface area (Å²) in [5.74, 6) is 0. The molecule has 4 aromatic carbocycles. The lowest BCUT2D eigenvalue weighted by Gasteiger charge is -2.38. The molecule has 1 aliphatic heterocycles. The van der Waals surface area contributed by atoms with Crippen LogP contribution in [0.4, 0.5) is 0 Å². The van der Waals surface area contributed by atoms with Gasteiger partial charge in [0.2, 0.25) is 0 Å². The zero-order chi connectivity index (χ0) is 21.7. The molecule has 0 unspecified atom stereocenters. The molecule has 1 heterocycles. The van der Waals surface area contributed by atoms with Gasteiger partial charge in [-0.2, -0.15) is 0 Å². The van der Waals surface area contributed by atoms with Crippen molar-refractivity contribution in [3.8, 4) is 11.1 Å². The first kappa shape index (κ1) is 19.8. The van der Waals surface area contributed by atoms with Crippen molar-refractivity contribution < 1.29 is 0 Å². The Balaban J connectivity index is 1.68. The molecule has 1 aliphatic carbocycles. The van der Waals surface area contributed by atoms with E-state index in [-0.39, 0.29) is 16.2 Å². The summed E-state index contributed by atoms with van der Waals surface area (Å²) < 4.78 is -0.153. The van der Waals surface area contributed by atoms with Crippen LogP contribution in [0, 0.1) is 0 Å². The smallest absolute Gasteiger partial charge is 0.0885 e. The molecule has 0 saturated carbocycles. The van der Waals surface area contributed by atoms with E-state index in [0.29, 0.717) is 6.04 Å². The second-order valence-corrected chi connectivity index (χ2v) is 10.4. The van der Waals surface area contributed by atoms with Crippen LogP contribution in [0.2, 0.25) is 0 Å². The van der Waals surface area contributed by atoms with E-state index < -0.39 is 0 Å². The summed E-state index contributed by atoms with van der Waals surface area (Å²) in [7, 11) is 0. The molecule has 1 saturated heterocycles. The third-order valence-electron chi connectivity index (χ3n) is 6.99. The molecule has 2 aliphatic rings. The van der Waals surface area contributed by atoms with E-state index in [1.807, 2.05) is 0 Å². The quantitative estimate of drug-likeness (QED) is 0.324. The monoisotopic (exact) mass is 433 g/mol. The molecule has 0 aromatic heterocycles. The van der Waals surface area contributed by atoms with Crippen LogP contribution in [0.5, 0.6) is 0 Å². The second-order valence-electron chi connectivity index (χ2n) is 9.06. The van der Waals surface area contributed by atoms with Gasteiger partial charge in [-0.05, 0) is 47.2 Å². The first-order valence-corrected chi connectivity index (χ1v) is 12.3. The van der Waals surface area contributed by atoms with Crippen molar-refractivity contribution in [2.24, 2.45) is 0 Å². The average Bonchev–Trinajstić information content (AvgIpc) is 3.35. The SMILES string of the molecule is CC(C)N1[C@@H](c2ccccc2)C2(S[C@H]1c1ccccc1)c1ccccc1-c1ccccc12. The lowest BCUT2D eigenvalue weighted by molar-refractivity contribution is 0.139. The van der Waals surface area contributed by atoms with Crippen molar-refractivity contribution in [3.63, 3.8) is 0 Å². The minimum absolute atomic E-state index is 0.153. The van der Waals surface area contributed by atoms with Gasteiger partial charge in [-0.1, -0.05) is 109 Å². The highest BCUT2D eigenvalue weighted by Crippen LogP contribution is 2.71. The van der Waals surface area contributed by atoms with Gasteiger partial charge in [0.15, 0.2) is 0 Å². The van der Waals surface area contributed by atoms with E-state index >= 15 is 0 Å². The number of benzene rings is 4. The fraction of sp³-hybridized carbons (Fsp3) is 0.200. The molecule has 6 rings (SSSR count). The zero-order valence-electron chi connectivity index (χ0n) is 18.5. The highest BCUT2D eigenvalue weighted by Gasteiger charge is 2.59. The van der Waals surface area contributed by atoms with E-state index in [0.717, 1.165) is 0 Å². The number of rotatable bonds is 3. The summed E-state index contributed by atoms with van der Waals surface area (Å²) in [6.07, 6.45) is 0. The predicted octanol–water partition coefficient (Wildman–Crippen LogP) is 7.81. The van der Waals surface area contributed by atoms with Gasteiger partial charge in [-0.25, -0.2) is 0 Å². The van der Waals surface area contributed by atoms with Crippen LogP contribution in [0.15, 0.2) is 109 Å².